The minimum absolute atomic E-state index is 0.0122. The largest absolute Gasteiger partial charge is 0.459 e. The molecule has 2 aromatic rings. The maximum Gasteiger partial charge on any atom is 0.290 e. The number of allylic oxidation sites excluding steroid dienone is 1. The van der Waals surface area contributed by atoms with E-state index in [0.29, 0.717) is 12.3 Å². The van der Waals surface area contributed by atoms with E-state index in [1.165, 1.54) is 24.8 Å². The van der Waals surface area contributed by atoms with E-state index < -0.39 is 0 Å². The lowest BCUT2D eigenvalue weighted by molar-refractivity contribution is 0.0581. The number of hydrogen-bond acceptors (Lipinski definition) is 4. The predicted octanol–water partition coefficient (Wildman–Crippen LogP) is 5.06. The van der Waals surface area contributed by atoms with Crippen LogP contribution in [0.5, 0.6) is 0 Å². The number of nitrogens with zero attached hydrogens (tertiary/aromatic N) is 1. The fourth-order valence-corrected chi connectivity index (χ4v) is 4.20. The topological polar surface area (TPSA) is 71.5 Å². The smallest absolute Gasteiger partial charge is 0.290 e. The molecule has 0 saturated heterocycles. The molecular weight excluding hydrogens is 362 g/mol. The van der Waals surface area contributed by atoms with Crippen molar-refractivity contribution in [1.29, 1.82) is 0 Å². The van der Waals surface area contributed by atoms with Gasteiger partial charge in [0.05, 0.1) is 6.26 Å². The van der Waals surface area contributed by atoms with Crippen LogP contribution in [0.1, 0.15) is 68.0 Å². The Bertz CT molecular complexity index is 841. The summed E-state index contributed by atoms with van der Waals surface area (Å²) in [6.45, 7) is 2.62. The third-order valence-electron chi connectivity index (χ3n) is 5.93. The van der Waals surface area contributed by atoms with Crippen molar-refractivity contribution in [1.82, 2.24) is 4.90 Å². The summed E-state index contributed by atoms with van der Waals surface area (Å²) in [7, 11) is 0. The van der Waals surface area contributed by atoms with Crippen molar-refractivity contribution >= 4 is 11.6 Å². The molecule has 1 aromatic carbocycles. The summed E-state index contributed by atoms with van der Waals surface area (Å²) in [6, 6.07) is 12.2. The molecule has 0 radical (unpaired) electrons. The van der Waals surface area contributed by atoms with Crippen molar-refractivity contribution < 1.29 is 9.21 Å². The molecule has 1 amide bonds. The van der Waals surface area contributed by atoms with E-state index in [1.54, 1.807) is 18.4 Å². The molecular formula is C24H31N3O2. The van der Waals surface area contributed by atoms with Crippen LogP contribution in [0.2, 0.25) is 0 Å². The molecule has 29 heavy (non-hydrogen) atoms. The minimum atomic E-state index is -0.0122. The first-order valence-corrected chi connectivity index (χ1v) is 10.8. The number of carbonyl (C=O) groups excluding carboxylic acids is 1. The Morgan fingerprint density at radius 1 is 1.17 bits per heavy atom. The Labute approximate surface area is 173 Å². The van der Waals surface area contributed by atoms with E-state index in [0.717, 1.165) is 42.6 Å². The molecule has 0 aliphatic heterocycles. The van der Waals surface area contributed by atoms with Gasteiger partial charge in [-0.05, 0) is 68.0 Å². The zero-order chi connectivity index (χ0) is 20.2. The summed E-state index contributed by atoms with van der Waals surface area (Å²) >= 11 is 0. The number of nitrogens with one attached hydrogen (secondary N) is 1. The first kappa shape index (κ1) is 19.8. The first-order valence-electron chi connectivity index (χ1n) is 10.8. The van der Waals surface area contributed by atoms with Crippen LogP contribution in [0.3, 0.4) is 0 Å². The molecule has 0 bridgehead atoms. The number of furan rings is 1. The standard InChI is InChI=1S/C24H31N3O2/c1-17(25)23(19-11-12-19)26-20-13-9-18(10-14-20)16-27(21-6-3-2-4-7-21)24(28)22-8-5-15-29-22/h5,8-10,13-15,17,21,26H,2-4,6-7,11-12,16,25H2,1H3/t17-/m1/s1. The Kier molecular flexibility index (Phi) is 6.05. The molecule has 2 saturated carbocycles. The highest BCUT2D eigenvalue weighted by atomic mass is 16.3. The van der Waals surface area contributed by atoms with Crippen LogP contribution in [-0.4, -0.2) is 22.9 Å². The summed E-state index contributed by atoms with van der Waals surface area (Å²) in [5.74, 6) is 0.410. The second-order valence-electron chi connectivity index (χ2n) is 8.33. The zero-order valence-corrected chi connectivity index (χ0v) is 17.2. The first-order chi connectivity index (χ1) is 14.1. The molecule has 4 rings (SSSR count). The Morgan fingerprint density at radius 3 is 2.48 bits per heavy atom. The molecule has 1 heterocycles. The molecule has 3 N–H and O–H groups in total. The van der Waals surface area contributed by atoms with Gasteiger partial charge in [-0.1, -0.05) is 31.4 Å². The molecule has 154 valence electrons. The van der Waals surface area contributed by atoms with Gasteiger partial charge >= 0.3 is 0 Å². The maximum absolute atomic E-state index is 13.1. The van der Waals surface area contributed by atoms with E-state index in [4.69, 9.17) is 10.2 Å². The van der Waals surface area contributed by atoms with Crippen LogP contribution in [0.4, 0.5) is 5.69 Å². The van der Waals surface area contributed by atoms with Crippen LogP contribution in [-0.2, 0) is 6.54 Å². The van der Waals surface area contributed by atoms with Gasteiger partial charge < -0.3 is 20.4 Å². The highest BCUT2D eigenvalue weighted by molar-refractivity contribution is 5.91. The van der Waals surface area contributed by atoms with Gasteiger partial charge in [-0.3, -0.25) is 4.79 Å². The van der Waals surface area contributed by atoms with Crippen molar-refractivity contribution in [2.24, 2.45) is 5.73 Å². The summed E-state index contributed by atoms with van der Waals surface area (Å²) < 4.78 is 5.40. The molecule has 1 atom stereocenters. The third kappa shape index (κ3) is 4.91. The molecule has 2 fully saturated rings. The Morgan fingerprint density at radius 2 is 1.90 bits per heavy atom. The summed E-state index contributed by atoms with van der Waals surface area (Å²) in [5.41, 5.74) is 10.9. The Balaban J connectivity index is 1.48. The van der Waals surface area contributed by atoms with Crippen LogP contribution in [0.25, 0.3) is 0 Å². The quantitative estimate of drug-likeness (QED) is 0.689. The van der Waals surface area contributed by atoms with Gasteiger partial charge in [0.1, 0.15) is 0 Å². The molecule has 0 spiro atoms. The summed E-state index contributed by atoms with van der Waals surface area (Å²) in [5, 5.41) is 3.49. The maximum atomic E-state index is 13.1. The van der Waals surface area contributed by atoms with Crippen LogP contribution < -0.4 is 11.1 Å². The van der Waals surface area contributed by atoms with Crippen molar-refractivity contribution in [3.8, 4) is 0 Å². The molecule has 2 aliphatic rings. The average Bonchev–Trinajstić information content (AvgIpc) is 3.43. The normalized spacial score (nSPS) is 17.7. The van der Waals surface area contributed by atoms with Crippen molar-refractivity contribution in [2.45, 2.75) is 70.5 Å². The predicted molar refractivity (Wildman–Crippen MR) is 115 cm³/mol. The molecule has 0 unspecified atom stereocenters. The van der Waals surface area contributed by atoms with Crippen LogP contribution in [0, 0.1) is 0 Å². The number of carbonyl (C=O) groups is 1. The van der Waals surface area contributed by atoms with E-state index in [9.17, 15) is 4.79 Å². The van der Waals surface area contributed by atoms with Crippen molar-refractivity contribution in [3.63, 3.8) is 0 Å². The number of rotatable bonds is 7. The lowest BCUT2D eigenvalue weighted by Gasteiger charge is -2.34. The summed E-state index contributed by atoms with van der Waals surface area (Å²) in [4.78, 5) is 15.1. The molecule has 2 aliphatic carbocycles. The lowest BCUT2D eigenvalue weighted by Crippen LogP contribution is -2.40. The average molecular weight is 394 g/mol. The van der Waals surface area contributed by atoms with E-state index in [1.807, 2.05) is 11.8 Å². The monoisotopic (exact) mass is 393 g/mol. The highest BCUT2D eigenvalue weighted by Gasteiger charge is 2.28. The van der Waals surface area contributed by atoms with E-state index >= 15 is 0 Å². The van der Waals surface area contributed by atoms with E-state index in [-0.39, 0.29) is 18.0 Å². The number of amides is 1. The highest BCUT2D eigenvalue weighted by Crippen LogP contribution is 2.33. The number of benzene rings is 1. The molecule has 5 heteroatoms. The van der Waals surface area contributed by atoms with Gasteiger partial charge in [-0.25, -0.2) is 0 Å². The van der Waals surface area contributed by atoms with Gasteiger partial charge in [0.15, 0.2) is 5.76 Å². The third-order valence-corrected chi connectivity index (χ3v) is 5.93. The molecule has 1 aromatic heterocycles. The minimum Gasteiger partial charge on any atom is -0.459 e. The fraction of sp³-hybridized carbons (Fsp3) is 0.458. The van der Waals surface area contributed by atoms with E-state index in [2.05, 4.69) is 29.6 Å². The lowest BCUT2D eigenvalue weighted by atomic mass is 9.93. The van der Waals surface area contributed by atoms with Gasteiger partial charge in [-0.2, -0.15) is 0 Å². The van der Waals surface area contributed by atoms with Crippen molar-refractivity contribution in [2.75, 3.05) is 5.32 Å². The van der Waals surface area contributed by atoms with Crippen molar-refractivity contribution in [3.05, 3.63) is 65.3 Å². The van der Waals surface area contributed by atoms with Crippen LogP contribution >= 0.6 is 0 Å². The summed E-state index contributed by atoms with van der Waals surface area (Å²) in [6.07, 6.45) is 9.62. The molecule has 5 nitrogen and oxygen atoms in total. The SMILES string of the molecule is C[C@@H](N)C(Nc1ccc(CN(C(=O)c2ccco2)C2CCCCC2)cc1)=C1CC1. The second-order valence-corrected chi connectivity index (χ2v) is 8.33. The second kappa shape index (κ2) is 8.87. The number of hydrogen-bond donors (Lipinski definition) is 2. The van der Waals surface area contributed by atoms with Gasteiger partial charge in [0.2, 0.25) is 0 Å². The van der Waals surface area contributed by atoms with Gasteiger partial charge in [0.25, 0.3) is 5.91 Å². The van der Waals surface area contributed by atoms with Gasteiger partial charge in [0, 0.05) is 30.0 Å². The fourth-order valence-electron chi connectivity index (χ4n) is 4.20. The zero-order valence-electron chi connectivity index (χ0n) is 17.2. The number of anilines is 1. The van der Waals surface area contributed by atoms with Gasteiger partial charge in [-0.15, -0.1) is 0 Å². The van der Waals surface area contributed by atoms with Crippen LogP contribution in [0.15, 0.2) is 58.3 Å². The Hall–Kier alpha value is -2.53. The number of nitrogens with two attached hydrogens (primary N) is 1.